The highest BCUT2D eigenvalue weighted by Gasteiger charge is 2.55. The Morgan fingerprint density at radius 3 is 1.80 bits per heavy atom. The number of ether oxygens (including phenoxy) is 1. The predicted octanol–water partition coefficient (Wildman–Crippen LogP) is 8.87. The van der Waals surface area contributed by atoms with Crippen LogP contribution in [0.2, 0.25) is 16.6 Å². The molecule has 0 saturated heterocycles. The van der Waals surface area contributed by atoms with Crippen LogP contribution in [0.15, 0.2) is 84.9 Å². The lowest BCUT2D eigenvalue weighted by Gasteiger charge is -2.38. The Balaban J connectivity index is 1.74. The number of rotatable bonds is 7. The summed E-state index contributed by atoms with van der Waals surface area (Å²) in [5, 5.41) is 0. The van der Waals surface area contributed by atoms with Crippen molar-refractivity contribution < 1.29 is 9.53 Å². The Morgan fingerprint density at radius 1 is 0.800 bits per heavy atom. The molecule has 3 aromatic rings. The van der Waals surface area contributed by atoms with Crippen molar-refractivity contribution >= 4 is 14.0 Å². The standard InChI is InChI=1S/C37H42O2Si/c1-27(2)40(28(3)4,29(5)6)25-24-31-16-14-15-21-35(31)36(39-30(7)38)23-22-34-26-37(34,32-17-10-8-11-18-32)33-19-12-9-13-20-33/h8-21,27-29,34,36H,26H2,1-7H3. The highest BCUT2D eigenvalue weighted by molar-refractivity contribution is 6.90. The minimum absolute atomic E-state index is 0.136. The molecule has 0 N–H and O–H groups in total. The van der Waals surface area contributed by atoms with Crippen molar-refractivity contribution in [3.63, 3.8) is 0 Å². The summed E-state index contributed by atoms with van der Waals surface area (Å²) < 4.78 is 5.84. The molecule has 0 amide bonds. The summed E-state index contributed by atoms with van der Waals surface area (Å²) in [5.74, 6) is 10.3. The smallest absolute Gasteiger partial charge is 0.304 e. The van der Waals surface area contributed by atoms with Crippen LogP contribution >= 0.6 is 0 Å². The van der Waals surface area contributed by atoms with Gasteiger partial charge in [0.1, 0.15) is 8.07 Å². The molecule has 1 aliphatic rings. The average Bonchev–Trinajstić information content (AvgIpc) is 3.67. The molecule has 3 heteroatoms. The molecular formula is C37H42O2Si. The molecule has 0 aliphatic heterocycles. The van der Waals surface area contributed by atoms with Crippen molar-refractivity contribution in [1.82, 2.24) is 0 Å². The Labute approximate surface area is 242 Å². The maximum atomic E-state index is 12.2. The molecule has 2 atom stereocenters. The monoisotopic (exact) mass is 546 g/mol. The van der Waals surface area contributed by atoms with Gasteiger partial charge in [0.2, 0.25) is 0 Å². The van der Waals surface area contributed by atoms with E-state index in [1.807, 2.05) is 24.3 Å². The molecule has 2 nitrogen and oxygen atoms in total. The SMILES string of the molecule is CC(=O)OC(C#CC1CC1(c1ccccc1)c1ccccc1)c1ccccc1C#C[Si](C(C)C)(C(C)C)C(C)C. The summed E-state index contributed by atoms with van der Waals surface area (Å²) in [6.07, 6.45) is 0.272. The van der Waals surface area contributed by atoms with Crippen LogP contribution in [0.5, 0.6) is 0 Å². The third kappa shape index (κ3) is 5.82. The van der Waals surface area contributed by atoms with E-state index < -0.39 is 14.2 Å². The minimum atomic E-state index is -1.93. The van der Waals surface area contributed by atoms with Crippen LogP contribution < -0.4 is 0 Å². The minimum Gasteiger partial charge on any atom is -0.444 e. The molecule has 0 bridgehead atoms. The second-order valence-electron chi connectivity index (χ2n) is 12.0. The van der Waals surface area contributed by atoms with E-state index in [9.17, 15) is 4.79 Å². The number of hydrogen-bond acceptors (Lipinski definition) is 2. The van der Waals surface area contributed by atoms with Crippen molar-refractivity contribution in [2.24, 2.45) is 5.92 Å². The maximum Gasteiger partial charge on any atom is 0.304 e. The van der Waals surface area contributed by atoms with E-state index >= 15 is 0 Å². The number of esters is 1. The molecule has 1 fully saturated rings. The fourth-order valence-corrected chi connectivity index (χ4v) is 11.9. The topological polar surface area (TPSA) is 26.3 Å². The lowest BCUT2D eigenvalue weighted by atomic mass is 9.86. The molecule has 2 unspecified atom stereocenters. The molecule has 1 saturated carbocycles. The Hall–Kier alpha value is -3.53. The first-order valence-electron chi connectivity index (χ1n) is 14.5. The summed E-state index contributed by atoms with van der Waals surface area (Å²) in [5.41, 5.74) is 9.60. The van der Waals surface area contributed by atoms with Crippen molar-refractivity contribution in [2.45, 2.75) is 83.0 Å². The molecule has 4 rings (SSSR count). The summed E-state index contributed by atoms with van der Waals surface area (Å²) in [6.45, 7) is 15.4. The van der Waals surface area contributed by atoms with Crippen LogP contribution in [0.1, 0.15) is 83.2 Å². The lowest BCUT2D eigenvalue weighted by Crippen LogP contribution is -2.43. The normalized spacial score (nSPS) is 16.5. The number of hydrogen-bond donors (Lipinski definition) is 0. The van der Waals surface area contributed by atoms with E-state index in [2.05, 4.69) is 126 Å². The van der Waals surface area contributed by atoms with Crippen molar-refractivity contribution in [2.75, 3.05) is 0 Å². The molecule has 0 heterocycles. The van der Waals surface area contributed by atoms with Crippen LogP contribution in [0.3, 0.4) is 0 Å². The quantitative estimate of drug-likeness (QED) is 0.168. The summed E-state index contributed by atoms with van der Waals surface area (Å²) in [7, 11) is -1.93. The summed E-state index contributed by atoms with van der Waals surface area (Å²) in [4.78, 5) is 12.2. The summed E-state index contributed by atoms with van der Waals surface area (Å²) >= 11 is 0. The first kappa shape index (κ1) is 29.4. The second kappa shape index (κ2) is 12.3. The van der Waals surface area contributed by atoms with Crippen LogP contribution in [0.25, 0.3) is 0 Å². The van der Waals surface area contributed by atoms with Gasteiger partial charge in [-0.05, 0) is 40.2 Å². The maximum absolute atomic E-state index is 12.2. The van der Waals surface area contributed by atoms with Crippen LogP contribution in [0.4, 0.5) is 0 Å². The second-order valence-corrected chi connectivity index (χ2v) is 17.6. The molecule has 3 aromatic carbocycles. The molecular weight excluding hydrogens is 504 g/mol. The molecule has 0 spiro atoms. The first-order valence-corrected chi connectivity index (χ1v) is 16.8. The van der Waals surface area contributed by atoms with Gasteiger partial charge in [0, 0.05) is 29.4 Å². The van der Waals surface area contributed by atoms with Gasteiger partial charge < -0.3 is 4.74 Å². The van der Waals surface area contributed by atoms with Crippen molar-refractivity contribution in [1.29, 1.82) is 0 Å². The Morgan fingerprint density at radius 2 is 1.30 bits per heavy atom. The van der Waals surface area contributed by atoms with Gasteiger partial charge in [-0.2, -0.15) is 0 Å². The fourth-order valence-electron chi connectivity index (χ4n) is 6.67. The molecule has 1 aliphatic carbocycles. The average molecular weight is 547 g/mol. The summed E-state index contributed by atoms with van der Waals surface area (Å²) in [6, 6.07) is 29.3. The van der Waals surface area contributed by atoms with E-state index in [1.54, 1.807) is 0 Å². The Bertz CT molecular complexity index is 1370. The van der Waals surface area contributed by atoms with Crippen molar-refractivity contribution in [3.8, 4) is 23.3 Å². The third-order valence-corrected chi connectivity index (χ3v) is 15.0. The Kier molecular flexibility index (Phi) is 9.07. The predicted molar refractivity (Wildman–Crippen MR) is 168 cm³/mol. The van der Waals surface area contributed by atoms with Gasteiger partial charge in [0.05, 0.1) is 0 Å². The highest BCUT2D eigenvalue weighted by atomic mass is 28.3. The van der Waals surface area contributed by atoms with E-state index in [0.29, 0.717) is 16.6 Å². The van der Waals surface area contributed by atoms with Gasteiger partial charge in [-0.3, -0.25) is 4.79 Å². The van der Waals surface area contributed by atoms with E-state index in [4.69, 9.17) is 4.74 Å². The highest BCUT2D eigenvalue weighted by Crippen LogP contribution is 2.58. The van der Waals surface area contributed by atoms with Crippen LogP contribution in [0, 0.1) is 29.2 Å². The number of benzene rings is 3. The molecule has 40 heavy (non-hydrogen) atoms. The van der Waals surface area contributed by atoms with Gasteiger partial charge in [-0.25, -0.2) is 0 Å². The van der Waals surface area contributed by atoms with E-state index in [0.717, 1.165) is 17.5 Å². The molecule has 206 valence electrons. The largest absolute Gasteiger partial charge is 0.444 e. The van der Waals surface area contributed by atoms with E-state index in [1.165, 1.54) is 18.1 Å². The number of carbonyl (C=O) groups is 1. The van der Waals surface area contributed by atoms with Gasteiger partial charge in [0.15, 0.2) is 6.10 Å². The number of carbonyl (C=O) groups excluding carboxylic acids is 1. The van der Waals surface area contributed by atoms with Crippen LogP contribution in [-0.4, -0.2) is 14.0 Å². The van der Waals surface area contributed by atoms with E-state index in [-0.39, 0.29) is 17.3 Å². The lowest BCUT2D eigenvalue weighted by molar-refractivity contribution is -0.144. The molecule has 0 radical (unpaired) electrons. The van der Waals surface area contributed by atoms with Gasteiger partial charge in [0.25, 0.3) is 0 Å². The van der Waals surface area contributed by atoms with Gasteiger partial charge in [-0.15, -0.1) is 5.54 Å². The third-order valence-electron chi connectivity index (χ3n) is 8.73. The molecule has 0 aromatic heterocycles. The van der Waals surface area contributed by atoms with Crippen LogP contribution in [-0.2, 0) is 14.9 Å². The van der Waals surface area contributed by atoms with Gasteiger partial charge >= 0.3 is 5.97 Å². The van der Waals surface area contributed by atoms with Crippen molar-refractivity contribution in [3.05, 3.63) is 107 Å². The zero-order valence-electron chi connectivity index (χ0n) is 25.0. The fraction of sp³-hybridized carbons (Fsp3) is 0.378. The van der Waals surface area contributed by atoms with Gasteiger partial charge in [-0.1, -0.05) is 138 Å². The first-order chi connectivity index (χ1) is 19.1. The zero-order valence-corrected chi connectivity index (χ0v) is 26.0. The zero-order chi connectivity index (χ0) is 28.9.